The van der Waals surface area contributed by atoms with E-state index in [0.29, 0.717) is 0 Å². The zero-order valence-corrected chi connectivity index (χ0v) is 9.87. The third-order valence-corrected chi connectivity index (χ3v) is 2.71. The van der Waals surface area contributed by atoms with Gasteiger partial charge in [0.1, 0.15) is 6.10 Å². The molecule has 0 saturated carbocycles. The van der Waals surface area contributed by atoms with Gasteiger partial charge in [0.15, 0.2) is 11.9 Å². The van der Waals surface area contributed by atoms with Crippen LogP contribution < -0.4 is 0 Å². The van der Waals surface area contributed by atoms with E-state index in [9.17, 15) is 14.7 Å². The van der Waals surface area contributed by atoms with E-state index in [1.165, 1.54) is 18.1 Å². The SMILES string of the molecule is C/C=C/C(=O)CN1C(=O)[C@H](OC)[C@@H]1[C@H](O)CO. The fourth-order valence-corrected chi connectivity index (χ4v) is 1.89. The minimum absolute atomic E-state index is 0.106. The van der Waals surface area contributed by atoms with Crippen molar-refractivity contribution in [2.24, 2.45) is 0 Å². The Morgan fingerprint density at radius 2 is 2.29 bits per heavy atom. The fourth-order valence-electron chi connectivity index (χ4n) is 1.89. The van der Waals surface area contributed by atoms with Crippen molar-refractivity contribution in [3.05, 3.63) is 12.2 Å². The summed E-state index contributed by atoms with van der Waals surface area (Å²) in [4.78, 5) is 24.2. The number of methoxy groups -OCH3 is 1. The Labute approximate surface area is 99.5 Å². The maximum Gasteiger partial charge on any atom is 0.254 e. The topological polar surface area (TPSA) is 87.1 Å². The van der Waals surface area contributed by atoms with E-state index in [-0.39, 0.29) is 18.2 Å². The molecule has 0 bridgehead atoms. The van der Waals surface area contributed by atoms with Gasteiger partial charge in [0, 0.05) is 7.11 Å². The summed E-state index contributed by atoms with van der Waals surface area (Å²) in [7, 11) is 1.35. The summed E-state index contributed by atoms with van der Waals surface area (Å²) < 4.78 is 4.91. The molecule has 1 aliphatic rings. The normalized spacial score (nSPS) is 26.1. The van der Waals surface area contributed by atoms with Gasteiger partial charge in [-0.05, 0) is 13.0 Å². The van der Waals surface area contributed by atoms with Gasteiger partial charge in [-0.1, -0.05) is 6.08 Å². The molecule has 96 valence electrons. The molecule has 0 spiro atoms. The average Bonchev–Trinajstić information content (AvgIpc) is 2.32. The second kappa shape index (κ2) is 5.90. The number of carbonyl (C=O) groups is 2. The van der Waals surface area contributed by atoms with E-state index < -0.39 is 24.9 Å². The van der Waals surface area contributed by atoms with Gasteiger partial charge in [0.2, 0.25) is 0 Å². The van der Waals surface area contributed by atoms with Crippen molar-refractivity contribution in [3.8, 4) is 0 Å². The third-order valence-electron chi connectivity index (χ3n) is 2.71. The molecule has 0 aromatic carbocycles. The lowest BCUT2D eigenvalue weighted by atomic mass is 9.92. The van der Waals surface area contributed by atoms with Gasteiger partial charge in [0.05, 0.1) is 19.2 Å². The van der Waals surface area contributed by atoms with Crippen LogP contribution in [0.4, 0.5) is 0 Å². The molecule has 6 nitrogen and oxygen atoms in total. The molecule has 3 atom stereocenters. The molecule has 1 heterocycles. The standard InChI is InChI=1S/C11H17NO5/c1-3-4-7(14)5-12-9(8(15)6-13)10(17-2)11(12)16/h3-4,8-10,13,15H,5-6H2,1-2H3/b4-3+/t8-,9+,10-/m1/s1. The average molecular weight is 243 g/mol. The summed E-state index contributed by atoms with van der Waals surface area (Å²) in [5.41, 5.74) is 0. The number of nitrogens with zero attached hydrogens (tertiary/aromatic N) is 1. The molecule has 1 amide bonds. The van der Waals surface area contributed by atoms with Crippen molar-refractivity contribution >= 4 is 11.7 Å². The number of rotatable bonds is 6. The molecule has 0 aromatic rings. The van der Waals surface area contributed by atoms with Gasteiger partial charge in [-0.3, -0.25) is 9.59 Å². The second-order valence-corrected chi connectivity index (χ2v) is 3.83. The Hall–Kier alpha value is -1.24. The highest BCUT2D eigenvalue weighted by atomic mass is 16.5. The first-order valence-electron chi connectivity index (χ1n) is 5.34. The van der Waals surface area contributed by atoms with Crippen molar-refractivity contribution in [3.63, 3.8) is 0 Å². The Morgan fingerprint density at radius 1 is 1.65 bits per heavy atom. The number of hydrogen-bond acceptors (Lipinski definition) is 5. The van der Waals surface area contributed by atoms with Crippen molar-refractivity contribution < 1.29 is 24.5 Å². The number of likely N-dealkylation sites (tertiary alicyclic amines) is 1. The summed E-state index contributed by atoms with van der Waals surface area (Å²) in [5.74, 6) is -0.576. The first-order chi connectivity index (χ1) is 8.06. The van der Waals surface area contributed by atoms with E-state index >= 15 is 0 Å². The van der Waals surface area contributed by atoms with E-state index in [4.69, 9.17) is 9.84 Å². The highest BCUT2D eigenvalue weighted by molar-refractivity contribution is 5.97. The van der Waals surface area contributed by atoms with Crippen molar-refractivity contribution in [1.29, 1.82) is 0 Å². The number of hydrogen-bond donors (Lipinski definition) is 2. The Balaban J connectivity index is 2.70. The highest BCUT2D eigenvalue weighted by Crippen LogP contribution is 2.25. The largest absolute Gasteiger partial charge is 0.394 e. The molecule has 1 rings (SSSR count). The van der Waals surface area contributed by atoms with E-state index in [0.717, 1.165) is 0 Å². The number of aliphatic hydroxyl groups is 2. The van der Waals surface area contributed by atoms with Crippen LogP contribution in [0.2, 0.25) is 0 Å². The van der Waals surface area contributed by atoms with Crippen molar-refractivity contribution in [1.82, 2.24) is 4.90 Å². The lowest BCUT2D eigenvalue weighted by molar-refractivity contribution is -0.183. The number of carbonyl (C=O) groups excluding carboxylic acids is 2. The van der Waals surface area contributed by atoms with Gasteiger partial charge in [-0.25, -0.2) is 0 Å². The number of allylic oxidation sites excluding steroid dienone is 1. The Kier molecular flexibility index (Phi) is 4.80. The summed E-state index contributed by atoms with van der Waals surface area (Å²) >= 11 is 0. The van der Waals surface area contributed by atoms with E-state index in [1.54, 1.807) is 13.0 Å². The molecule has 1 fully saturated rings. The van der Waals surface area contributed by atoms with E-state index in [1.807, 2.05) is 0 Å². The molecule has 2 N–H and O–H groups in total. The van der Waals surface area contributed by atoms with Crippen LogP contribution in [0, 0.1) is 0 Å². The third kappa shape index (κ3) is 2.71. The van der Waals surface area contributed by atoms with Crippen LogP contribution in [-0.4, -0.2) is 65.3 Å². The van der Waals surface area contributed by atoms with Crippen LogP contribution in [0.3, 0.4) is 0 Å². The van der Waals surface area contributed by atoms with Gasteiger partial charge < -0.3 is 19.8 Å². The van der Waals surface area contributed by atoms with Crippen LogP contribution in [0.25, 0.3) is 0 Å². The molecule has 1 saturated heterocycles. The second-order valence-electron chi connectivity index (χ2n) is 3.83. The number of β-lactam (4-membered cyclic amide) rings is 1. The Morgan fingerprint density at radius 3 is 2.76 bits per heavy atom. The zero-order chi connectivity index (χ0) is 13.0. The van der Waals surface area contributed by atoms with E-state index in [2.05, 4.69) is 0 Å². The fraction of sp³-hybridized carbons (Fsp3) is 0.636. The number of ketones is 1. The zero-order valence-electron chi connectivity index (χ0n) is 9.87. The maximum absolute atomic E-state index is 11.6. The van der Waals surface area contributed by atoms with Crippen LogP contribution >= 0.6 is 0 Å². The number of ether oxygens (including phenoxy) is 1. The summed E-state index contributed by atoms with van der Waals surface area (Å²) in [6.07, 6.45) is 1.06. The van der Waals surface area contributed by atoms with Crippen LogP contribution in [0.15, 0.2) is 12.2 Å². The van der Waals surface area contributed by atoms with Crippen LogP contribution in [-0.2, 0) is 14.3 Å². The van der Waals surface area contributed by atoms with Gasteiger partial charge in [-0.15, -0.1) is 0 Å². The van der Waals surface area contributed by atoms with Crippen molar-refractivity contribution in [2.75, 3.05) is 20.3 Å². The van der Waals surface area contributed by atoms with Gasteiger partial charge in [-0.2, -0.15) is 0 Å². The number of amides is 1. The molecule has 0 unspecified atom stereocenters. The molecule has 17 heavy (non-hydrogen) atoms. The lowest BCUT2D eigenvalue weighted by Crippen LogP contribution is -2.70. The first kappa shape index (κ1) is 13.8. The molecular weight excluding hydrogens is 226 g/mol. The van der Waals surface area contributed by atoms with Crippen LogP contribution in [0.5, 0.6) is 0 Å². The van der Waals surface area contributed by atoms with Crippen LogP contribution in [0.1, 0.15) is 6.92 Å². The lowest BCUT2D eigenvalue weighted by Gasteiger charge is -2.47. The summed E-state index contributed by atoms with van der Waals surface area (Å²) in [5, 5.41) is 18.4. The van der Waals surface area contributed by atoms with Gasteiger partial charge >= 0.3 is 0 Å². The smallest absolute Gasteiger partial charge is 0.254 e. The summed E-state index contributed by atoms with van der Waals surface area (Å²) in [6, 6.07) is -0.660. The molecule has 0 aromatic heterocycles. The molecule has 0 aliphatic carbocycles. The predicted molar refractivity (Wildman–Crippen MR) is 59.2 cm³/mol. The maximum atomic E-state index is 11.6. The quantitative estimate of drug-likeness (QED) is 0.448. The molecule has 6 heteroatoms. The first-order valence-corrected chi connectivity index (χ1v) is 5.34. The molecule has 0 radical (unpaired) electrons. The monoisotopic (exact) mass is 243 g/mol. The minimum Gasteiger partial charge on any atom is -0.394 e. The Bertz CT molecular complexity index is 328. The molecular formula is C11H17NO5. The molecule has 1 aliphatic heterocycles. The predicted octanol–water partition coefficient (Wildman–Crippen LogP) is -1.29. The summed E-state index contributed by atoms with van der Waals surface area (Å²) in [6.45, 7) is 1.12. The highest BCUT2D eigenvalue weighted by Gasteiger charge is 2.51. The number of aliphatic hydroxyl groups excluding tert-OH is 2. The minimum atomic E-state index is -1.10. The van der Waals surface area contributed by atoms with Crippen molar-refractivity contribution in [2.45, 2.75) is 25.2 Å². The van der Waals surface area contributed by atoms with Gasteiger partial charge in [0.25, 0.3) is 5.91 Å².